The van der Waals surface area contributed by atoms with E-state index in [2.05, 4.69) is 15.6 Å². The van der Waals surface area contributed by atoms with Crippen LogP contribution in [0.25, 0.3) is 10.9 Å². The molecule has 1 aromatic heterocycles. The van der Waals surface area contributed by atoms with E-state index in [1.165, 1.54) is 0 Å². The van der Waals surface area contributed by atoms with Crippen LogP contribution in [0.1, 0.15) is 10.5 Å². The van der Waals surface area contributed by atoms with E-state index in [1.54, 1.807) is 0 Å². The molecule has 5 nitrogen and oxygen atoms in total. The predicted molar refractivity (Wildman–Crippen MR) is 73.2 cm³/mol. The molecule has 19 heavy (non-hydrogen) atoms. The average molecular weight is 259 g/mol. The first-order valence-electron chi connectivity index (χ1n) is 6.50. The van der Waals surface area contributed by atoms with Gasteiger partial charge >= 0.3 is 0 Å². The lowest BCUT2D eigenvalue weighted by Crippen LogP contribution is -2.48. The summed E-state index contributed by atoms with van der Waals surface area (Å²) in [5.74, 6) is -0.0800. The number of aromatic nitrogens is 1. The van der Waals surface area contributed by atoms with Gasteiger partial charge in [-0.2, -0.15) is 0 Å². The second kappa shape index (κ2) is 5.42. The maximum absolute atomic E-state index is 12.0. The van der Waals surface area contributed by atoms with E-state index in [-0.39, 0.29) is 11.9 Å². The summed E-state index contributed by atoms with van der Waals surface area (Å²) in [5, 5.41) is 7.27. The highest BCUT2D eigenvalue weighted by Crippen LogP contribution is 2.14. The number of hydrogen-bond acceptors (Lipinski definition) is 3. The molecule has 0 saturated carbocycles. The van der Waals surface area contributed by atoms with E-state index < -0.39 is 0 Å². The molecule has 1 amide bonds. The van der Waals surface area contributed by atoms with Crippen molar-refractivity contribution in [3.63, 3.8) is 0 Å². The Hall–Kier alpha value is -1.85. The summed E-state index contributed by atoms with van der Waals surface area (Å²) in [6.07, 6.45) is 0. The molecule has 100 valence electrons. The molecule has 0 bridgehead atoms. The van der Waals surface area contributed by atoms with E-state index in [4.69, 9.17) is 4.74 Å². The summed E-state index contributed by atoms with van der Waals surface area (Å²) in [6.45, 7) is 2.81. The third kappa shape index (κ3) is 2.77. The molecule has 2 heterocycles. The van der Waals surface area contributed by atoms with Gasteiger partial charge in [0.05, 0.1) is 13.2 Å². The second-order valence-electron chi connectivity index (χ2n) is 4.71. The second-order valence-corrected chi connectivity index (χ2v) is 4.71. The highest BCUT2D eigenvalue weighted by molar-refractivity contribution is 5.97. The maximum atomic E-state index is 12.0. The molecule has 1 aliphatic heterocycles. The largest absolute Gasteiger partial charge is 0.378 e. The van der Waals surface area contributed by atoms with Crippen LogP contribution in [0.2, 0.25) is 0 Å². The fourth-order valence-electron chi connectivity index (χ4n) is 2.26. The molecule has 1 fully saturated rings. The van der Waals surface area contributed by atoms with Gasteiger partial charge in [-0.05, 0) is 12.1 Å². The first kappa shape index (κ1) is 12.2. The molecule has 1 atom stereocenters. The van der Waals surface area contributed by atoms with E-state index in [0.717, 1.165) is 24.1 Å². The number of H-pyrrole nitrogens is 1. The Kier molecular flexibility index (Phi) is 3.48. The van der Waals surface area contributed by atoms with Gasteiger partial charge in [0.1, 0.15) is 5.69 Å². The molecule has 3 N–H and O–H groups in total. The quantitative estimate of drug-likeness (QED) is 0.767. The fourth-order valence-corrected chi connectivity index (χ4v) is 2.26. The first-order valence-corrected chi connectivity index (χ1v) is 6.50. The van der Waals surface area contributed by atoms with E-state index in [9.17, 15) is 4.79 Å². The van der Waals surface area contributed by atoms with Crippen molar-refractivity contribution in [1.29, 1.82) is 0 Å². The Morgan fingerprint density at radius 1 is 1.42 bits per heavy atom. The zero-order chi connectivity index (χ0) is 13.1. The van der Waals surface area contributed by atoms with Crippen LogP contribution < -0.4 is 10.6 Å². The number of carbonyl (C=O) groups excluding carboxylic acids is 1. The van der Waals surface area contributed by atoms with Crippen LogP contribution in [0.3, 0.4) is 0 Å². The molecule has 0 spiro atoms. The minimum Gasteiger partial charge on any atom is -0.378 e. The molecule has 2 aromatic rings. The summed E-state index contributed by atoms with van der Waals surface area (Å²) >= 11 is 0. The van der Waals surface area contributed by atoms with Gasteiger partial charge in [0.15, 0.2) is 0 Å². The van der Waals surface area contributed by atoms with Gasteiger partial charge in [-0.25, -0.2) is 0 Å². The SMILES string of the molecule is O=C(NCC1COCCN1)c1cc2ccccc2[nH]1. The molecule has 1 aliphatic rings. The van der Waals surface area contributed by atoms with Crippen molar-refractivity contribution in [1.82, 2.24) is 15.6 Å². The van der Waals surface area contributed by atoms with Crippen LogP contribution in [0.4, 0.5) is 0 Å². The Balaban J connectivity index is 1.63. The van der Waals surface area contributed by atoms with E-state index in [1.807, 2.05) is 30.3 Å². The summed E-state index contributed by atoms with van der Waals surface area (Å²) in [7, 11) is 0. The number of benzene rings is 1. The molecular weight excluding hydrogens is 242 g/mol. The lowest BCUT2D eigenvalue weighted by molar-refractivity contribution is 0.0733. The Morgan fingerprint density at radius 3 is 3.11 bits per heavy atom. The van der Waals surface area contributed by atoms with Gasteiger partial charge in [-0.15, -0.1) is 0 Å². The number of morpholine rings is 1. The van der Waals surface area contributed by atoms with Crippen molar-refractivity contribution in [2.24, 2.45) is 0 Å². The van der Waals surface area contributed by atoms with Crippen molar-refractivity contribution in [2.45, 2.75) is 6.04 Å². The number of fused-ring (bicyclic) bond motifs is 1. The molecule has 5 heteroatoms. The Bertz CT molecular complexity index is 540. The minimum absolute atomic E-state index is 0.0800. The van der Waals surface area contributed by atoms with Crippen LogP contribution in [0, 0.1) is 0 Å². The van der Waals surface area contributed by atoms with Crippen LogP contribution >= 0.6 is 0 Å². The third-order valence-corrected chi connectivity index (χ3v) is 3.28. The van der Waals surface area contributed by atoms with Gasteiger partial charge in [0.25, 0.3) is 5.91 Å². The van der Waals surface area contributed by atoms with Crippen molar-refractivity contribution >= 4 is 16.8 Å². The smallest absolute Gasteiger partial charge is 0.267 e. The number of hydrogen-bond donors (Lipinski definition) is 3. The van der Waals surface area contributed by atoms with E-state index >= 15 is 0 Å². The highest BCUT2D eigenvalue weighted by atomic mass is 16.5. The summed E-state index contributed by atoms with van der Waals surface area (Å²) in [4.78, 5) is 15.2. The van der Waals surface area contributed by atoms with Crippen LogP contribution in [-0.4, -0.2) is 43.2 Å². The Morgan fingerprint density at radius 2 is 2.32 bits per heavy atom. The number of aromatic amines is 1. The Labute approximate surface area is 111 Å². The molecule has 1 aromatic carbocycles. The molecule has 0 aliphatic carbocycles. The first-order chi connectivity index (χ1) is 9.33. The van der Waals surface area contributed by atoms with Crippen molar-refractivity contribution in [2.75, 3.05) is 26.3 Å². The molecule has 1 unspecified atom stereocenters. The number of carbonyl (C=O) groups is 1. The maximum Gasteiger partial charge on any atom is 0.267 e. The lowest BCUT2D eigenvalue weighted by Gasteiger charge is -2.23. The normalized spacial score (nSPS) is 19.5. The fraction of sp³-hybridized carbons (Fsp3) is 0.357. The highest BCUT2D eigenvalue weighted by Gasteiger charge is 2.15. The molecule has 0 radical (unpaired) electrons. The topological polar surface area (TPSA) is 66.2 Å². The van der Waals surface area contributed by atoms with Gasteiger partial charge in [-0.3, -0.25) is 4.79 Å². The summed E-state index contributed by atoms with van der Waals surface area (Å²) in [5.41, 5.74) is 1.57. The number of amides is 1. The lowest BCUT2D eigenvalue weighted by atomic mass is 10.2. The van der Waals surface area contributed by atoms with Gasteiger partial charge in [0, 0.05) is 30.0 Å². The van der Waals surface area contributed by atoms with Crippen LogP contribution in [-0.2, 0) is 4.74 Å². The van der Waals surface area contributed by atoms with Crippen LogP contribution in [0.5, 0.6) is 0 Å². The minimum atomic E-state index is -0.0800. The molecular formula is C14H17N3O2. The number of nitrogens with one attached hydrogen (secondary N) is 3. The van der Waals surface area contributed by atoms with Crippen molar-refractivity contribution in [3.8, 4) is 0 Å². The monoisotopic (exact) mass is 259 g/mol. The standard InChI is InChI=1S/C14H17N3O2/c18-14(16-8-11-9-19-6-5-15-11)13-7-10-3-1-2-4-12(10)17-13/h1-4,7,11,15,17H,5-6,8-9H2,(H,16,18). The summed E-state index contributed by atoms with van der Waals surface area (Å²) < 4.78 is 5.35. The summed E-state index contributed by atoms with van der Waals surface area (Å²) in [6, 6.07) is 9.92. The van der Waals surface area contributed by atoms with Gasteiger partial charge in [-0.1, -0.05) is 18.2 Å². The zero-order valence-electron chi connectivity index (χ0n) is 10.6. The zero-order valence-corrected chi connectivity index (χ0v) is 10.6. The van der Waals surface area contributed by atoms with E-state index in [0.29, 0.717) is 18.8 Å². The number of ether oxygens (including phenoxy) is 1. The predicted octanol–water partition coefficient (Wildman–Crippen LogP) is 0.886. The number of rotatable bonds is 3. The van der Waals surface area contributed by atoms with Crippen LogP contribution in [0.15, 0.2) is 30.3 Å². The third-order valence-electron chi connectivity index (χ3n) is 3.28. The van der Waals surface area contributed by atoms with Gasteiger partial charge < -0.3 is 20.4 Å². The number of para-hydroxylation sites is 1. The van der Waals surface area contributed by atoms with Crippen molar-refractivity contribution in [3.05, 3.63) is 36.0 Å². The van der Waals surface area contributed by atoms with Crippen molar-refractivity contribution < 1.29 is 9.53 Å². The molecule has 3 rings (SSSR count). The average Bonchev–Trinajstić information content (AvgIpc) is 2.90. The van der Waals surface area contributed by atoms with Gasteiger partial charge in [0.2, 0.25) is 0 Å². The molecule has 1 saturated heterocycles.